The molecule has 14 heteroatoms. The second kappa shape index (κ2) is 13.9. The second-order valence-corrected chi connectivity index (χ2v) is 8.15. The number of carboxylic acid groups (broad SMARTS) is 2. The number of aliphatic hydroxyl groups excluding tert-OH is 1. The first-order valence-corrected chi connectivity index (χ1v) is 10.6. The maximum absolute atomic E-state index is 12.7. The van der Waals surface area contributed by atoms with Gasteiger partial charge >= 0.3 is 11.9 Å². The fraction of sp³-hybridized carbons (Fsp3) is 0.600. The molecule has 14 nitrogen and oxygen atoms in total. The third kappa shape index (κ3) is 9.95. The third-order valence-corrected chi connectivity index (χ3v) is 4.75. The molecule has 34 heavy (non-hydrogen) atoms. The molecule has 0 saturated heterocycles. The molecule has 4 atom stereocenters. The van der Waals surface area contributed by atoms with Crippen molar-refractivity contribution < 1.29 is 39.3 Å². The highest BCUT2D eigenvalue weighted by atomic mass is 16.4. The summed E-state index contributed by atoms with van der Waals surface area (Å²) in [6, 6.07) is -5.21. The fourth-order valence-electron chi connectivity index (χ4n) is 2.99. The number of carbonyl (C=O) groups is 5. The summed E-state index contributed by atoms with van der Waals surface area (Å²) in [6.07, 6.45) is 2.05. The van der Waals surface area contributed by atoms with Crippen molar-refractivity contribution in [2.45, 2.75) is 63.7 Å². The Labute approximate surface area is 195 Å². The molecule has 0 bridgehead atoms. The first-order chi connectivity index (χ1) is 15.9. The minimum absolute atomic E-state index is 0.107. The molecule has 3 amide bonds. The number of aromatic nitrogens is 2. The number of hydrogen-bond acceptors (Lipinski definition) is 8. The van der Waals surface area contributed by atoms with Crippen molar-refractivity contribution >= 4 is 29.7 Å². The normalized spacial score (nSPS) is 14.5. The number of nitrogens with zero attached hydrogens (tertiary/aromatic N) is 1. The average Bonchev–Trinajstić information content (AvgIpc) is 3.26. The van der Waals surface area contributed by atoms with Gasteiger partial charge in [-0.15, -0.1) is 0 Å². The first-order valence-electron chi connectivity index (χ1n) is 10.6. The van der Waals surface area contributed by atoms with Crippen LogP contribution in [0.25, 0.3) is 0 Å². The van der Waals surface area contributed by atoms with E-state index in [1.807, 2.05) is 13.8 Å². The SMILES string of the molecule is CC(C)CC(N)C(=O)NC(CO)C(=O)NC(CCC(=O)O)C(=O)NC(Cc1cnc[nH]1)C(=O)O. The van der Waals surface area contributed by atoms with E-state index < -0.39 is 66.9 Å². The van der Waals surface area contributed by atoms with Gasteiger partial charge in [0.05, 0.1) is 19.0 Å². The number of rotatable bonds is 15. The molecule has 0 aliphatic heterocycles. The molecular formula is C20H32N6O8. The summed E-state index contributed by atoms with van der Waals surface area (Å²) < 4.78 is 0. The maximum Gasteiger partial charge on any atom is 0.326 e. The van der Waals surface area contributed by atoms with Crippen LogP contribution in [0.4, 0.5) is 0 Å². The van der Waals surface area contributed by atoms with E-state index in [-0.39, 0.29) is 18.8 Å². The molecule has 0 aromatic carbocycles. The molecule has 1 rings (SSSR count). The van der Waals surface area contributed by atoms with Crippen LogP contribution in [0.1, 0.15) is 38.8 Å². The summed E-state index contributed by atoms with van der Waals surface area (Å²) in [5.41, 5.74) is 6.20. The lowest BCUT2D eigenvalue weighted by molar-refractivity contribution is -0.143. The van der Waals surface area contributed by atoms with Gasteiger partial charge in [-0.05, 0) is 18.8 Å². The van der Waals surface area contributed by atoms with Crippen LogP contribution in [-0.4, -0.2) is 85.7 Å². The van der Waals surface area contributed by atoms with Crippen LogP contribution in [0.2, 0.25) is 0 Å². The minimum Gasteiger partial charge on any atom is -0.481 e. The van der Waals surface area contributed by atoms with Crippen molar-refractivity contribution in [3.05, 3.63) is 18.2 Å². The van der Waals surface area contributed by atoms with Crippen LogP contribution < -0.4 is 21.7 Å². The topological polar surface area (TPSA) is 237 Å². The lowest BCUT2D eigenvalue weighted by Crippen LogP contribution is -2.58. The third-order valence-electron chi connectivity index (χ3n) is 4.75. The molecule has 190 valence electrons. The van der Waals surface area contributed by atoms with E-state index in [0.29, 0.717) is 12.1 Å². The van der Waals surface area contributed by atoms with E-state index >= 15 is 0 Å². The molecule has 4 unspecified atom stereocenters. The van der Waals surface area contributed by atoms with Gasteiger partial charge in [-0.2, -0.15) is 0 Å². The predicted molar refractivity (Wildman–Crippen MR) is 117 cm³/mol. The highest BCUT2D eigenvalue weighted by Gasteiger charge is 2.30. The zero-order chi connectivity index (χ0) is 25.8. The number of nitrogens with one attached hydrogen (secondary N) is 4. The molecule has 1 heterocycles. The largest absolute Gasteiger partial charge is 0.481 e. The Morgan fingerprint density at radius 2 is 1.59 bits per heavy atom. The van der Waals surface area contributed by atoms with Gasteiger partial charge < -0.3 is 42.0 Å². The van der Waals surface area contributed by atoms with E-state index in [0.717, 1.165) is 0 Å². The Balaban J connectivity index is 2.90. The van der Waals surface area contributed by atoms with Crippen LogP contribution in [0.5, 0.6) is 0 Å². The van der Waals surface area contributed by atoms with E-state index in [2.05, 4.69) is 25.9 Å². The van der Waals surface area contributed by atoms with Gasteiger partial charge in [0.1, 0.15) is 18.1 Å². The number of aromatic amines is 1. The van der Waals surface area contributed by atoms with Crippen LogP contribution in [0, 0.1) is 5.92 Å². The summed E-state index contributed by atoms with van der Waals surface area (Å²) in [5.74, 6) is -5.08. The number of carbonyl (C=O) groups excluding carboxylic acids is 3. The van der Waals surface area contributed by atoms with Gasteiger partial charge in [0.15, 0.2) is 0 Å². The summed E-state index contributed by atoms with van der Waals surface area (Å²) >= 11 is 0. The van der Waals surface area contributed by atoms with Crippen molar-refractivity contribution in [1.29, 1.82) is 0 Å². The Hall–Kier alpha value is -3.52. The number of aliphatic carboxylic acids is 2. The highest BCUT2D eigenvalue weighted by Crippen LogP contribution is 2.05. The van der Waals surface area contributed by atoms with E-state index in [1.165, 1.54) is 12.5 Å². The lowest BCUT2D eigenvalue weighted by atomic mass is 10.0. The minimum atomic E-state index is -1.45. The molecule has 0 aliphatic rings. The summed E-state index contributed by atoms with van der Waals surface area (Å²) in [5, 5.41) is 34.7. The average molecular weight is 485 g/mol. The van der Waals surface area contributed by atoms with Gasteiger partial charge in [0, 0.05) is 24.7 Å². The van der Waals surface area contributed by atoms with Crippen LogP contribution >= 0.6 is 0 Å². The Bertz CT molecular complexity index is 844. The van der Waals surface area contributed by atoms with E-state index in [9.17, 15) is 34.2 Å². The second-order valence-electron chi connectivity index (χ2n) is 8.15. The molecule has 0 spiro atoms. The van der Waals surface area contributed by atoms with Gasteiger partial charge in [0.2, 0.25) is 17.7 Å². The lowest BCUT2D eigenvalue weighted by Gasteiger charge is -2.24. The molecule has 1 aromatic rings. The zero-order valence-corrected chi connectivity index (χ0v) is 19.0. The van der Waals surface area contributed by atoms with Gasteiger partial charge in [-0.25, -0.2) is 9.78 Å². The molecular weight excluding hydrogens is 452 g/mol. The van der Waals surface area contributed by atoms with Crippen LogP contribution in [-0.2, 0) is 30.4 Å². The standard InChI is InChI=1S/C20H32N6O8/c1-10(2)5-12(21)17(30)26-15(8-27)19(32)24-13(3-4-16(28)29)18(31)25-14(20(33)34)6-11-7-22-9-23-11/h7,9-10,12-15,27H,3-6,8,21H2,1-2H3,(H,22,23)(H,24,32)(H,25,31)(H,26,30)(H,28,29)(H,33,34). The number of aliphatic hydroxyl groups is 1. The molecule has 0 radical (unpaired) electrons. The van der Waals surface area contributed by atoms with Crippen LogP contribution in [0.3, 0.4) is 0 Å². The number of amides is 3. The maximum atomic E-state index is 12.7. The predicted octanol–water partition coefficient (Wildman–Crippen LogP) is -2.28. The quantitative estimate of drug-likeness (QED) is 0.133. The van der Waals surface area contributed by atoms with Crippen molar-refractivity contribution in [3.8, 4) is 0 Å². The molecule has 9 N–H and O–H groups in total. The Morgan fingerprint density at radius 1 is 1.00 bits per heavy atom. The van der Waals surface area contributed by atoms with Gasteiger partial charge in [0.25, 0.3) is 0 Å². The van der Waals surface area contributed by atoms with Crippen LogP contribution in [0.15, 0.2) is 12.5 Å². The monoisotopic (exact) mass is 484 g/mol. The van der Waals surface area contributed by atoms with Crippen molar-refractivity contribution in [3.63, 3.8) is 0 Å². The summed E-state index contributed by atoms with van der Waals surface area (Å²) in [4.78, 5) is 66.6. The van der Waals surface area contributed by atoms with E-state index in [4.69, 9.17) is 10.8 Å². The van der Waals surface area contributed by atoms with Gasteiger partial charge in [-0.3, -0.25) is 19.2 Å². The van der Waals surface area contributed by atoms with Crippen molar-refractivity contribution in [2.24, 2.45) is 11.7 Å². The molecule has 0 saturated carbocycles. The Morgan fingerprint density at radius 3 is 2.09 bits per heavy atom. The number of imidazole rings is 1. The first kappa shape index (κ1) is 28.5. The number of H-pyrrole nitrogens is 1. The number of hydrogen-bond donors (Lipinski definition) is 8. The zero-order valence-electron chi connectivity index (χ0n) is 19.0. The van der Waals surface area contributed by atoms with E-state index in [1.54, 1.807) is 0 Å². The smallest absolute Gasteiger partial charge is 0.326 e. The summed E-state index contributed by atoms with van der Waals surface area (Å²) in [6.45, 7) is 2.90. The van der Waals surface area contributed by atoms with Gasteiger partial charge in [-0.1, -0.05) is 13.8 Å². The Kier molecular flexibility index (Phi) is 11.7. The molecule has 0 fully saturated rings. The highest BCUT2D eigenvalue weighted by molar-refractivity contribution is 5.94. The van der Waals surface area contributed by atoms with Crippen molar-refractivity contribution in [2.75, 3.05) is 6.61 Å². The fourth-order valence-corrected chi connectivity index (χ4v) is 2.99. The number of nitrogens with two attached hydrogens (primary N) is 1. The summed E-state index contributed by atoms with van der Waals surface area (Å²) in [7, 11) is 0. The molecule has 1 aromatic heterocycles. The van der Waals surface area contributed by atoms with Crippen molar-refractivity contribution in [1.82, 2.24) is 25.9 Å². The number of carboxylic acids is 2. The molecule has 0 aliphatic carbocycles.